The summed E-state index contributed by atoms with van der Waals surface area (Å²) in [5.41, 5.74) is 3.79. The standard InChI is InChI=1S/C22H27N3O2/c1-27-14-11-23-22(26)19-15-17-7-5-6-10-20(17)25-13-12-24(16-21(19)25)18-8-3-2-4-9-18/h2-10,19,21H,11-16H2,1H3,(H,23,26)/t19-,21-/m0/s1. The van der Waals surface area contributed by atoms with Gasteiger partial charge in [-0.3, -0.25) is 4.79 Å². The average Bonchev–Trinajstić information content (AvgIpc) is 2.73. The van der Waals surface area contributed by atoms with Crippen LogP contribution in [0.4, 0.5) is 11.4 Å². The maximum absolute atomic E-state index is 13.0. The number of hydrogen-bond donors (Lipinski definition) is 1. The van der Waals surface area contributed by atoms with Crippen molar-refractivity contribution >= 4 is 17.3 Å². The van der Waals surface area contributed by atoms with Crippen molar-refractivity contribution in [1.82, 2.24) is 5.32 Å². The van der Waals surface area contributed by atoms with E-state index in [4.69, 9.17) is 4.74 Å². The predicted octanol–water partition coefficient (Wildman–Crippen LogP) is 2.32. The highest BCUT2D eigenvalue weighted by atomic mass is 16.5. The zero-order chi connectivity index (χ0) is 18.6. The number of nitrogens with one attached hydrogen (secondary N) is 1. The van der Waals surface area contributed by atoms with E-state index in [1.807, 2.05) is 6.07 Å². The Morgan fingerprint density at radius 1 is 1.11 bits per heavy atom. The van der Waals surface area contributed by atoms with Crippen molar-refractivity contribution < 1.29 is 9.53 Å². The summed E-state index contributed by atoms with van der Waals surface area (Å²) >= 11 is 0. The lowest BCUT2D eigenvalue weighted by atomic mass is 9.83. The monoisotopic (exact) mass is 365 g/mol. The van der Waals surface area contributed by atoms with Crippen LogP contribution < -0.4 is 15.1 Å². The molecule has 0 spiro atoms. The summed E-state index contributed by atoms with van der Waals surface area (Å²) in [6.45, 7) is 3.86. The SMILES string of the molecule is COCCNC(=O)[C@H]1Cc2ccccc2N2CCN(c3ccccc3)C[C@@H]12. The molecule has 0 radical (unpaired) electrons. The molecule has 1 N–H and O–H groups in total. The van der Waals surface area contributed by atoms with Crippen LogP contribution in [0.25, 0.3) is 0 Å². The molecule has 0 aliphatic carbocycles. The van der Waals surface area contributed by atoms with Gasteiger partial charge in [0.15, 0.2) is 0 Å². The first kappa shape index (κ1) is 17.9. The van der Waals surface area contributed by atoms with Gasteiger partial charge < -0.3 is 19.9 Å². The largest absolute Gasteiger partial charge is 0.383 e. The van der Waals surface area contributed by atoms with Crippen molar-refractivity contribution in [1.29, 1.82) is 0 Å². The highest BCUT2D eigenvalue weighted by molar-refractivity contribution is 5.82. The van der Waals surface area contributed by atoms with Crippen LogP contribution in [-0.2, 0) is 16.0 Å². The number of fused-ring (bicyclic) bond motifs is 3. The third-order valence-electron chi connectivity index (χ3n) is 5.69. The maximum Gasteiger partial charge on any atom is 0.225 e. The molecular formula is C22H27N3O2. The summed E-state index contributed by atoms with van der Waals surface area (Å²) in [6, 6.07) is 19.2. The van der Waals surface area contributed by atoms with Crippen molar-refractivity contribution in [2.75, 3.05) is 49.7 Å². The molecule has 1 fully saturated rings. The Morgan fingerprint density at radius 3 is 2.70 bits per heavy atom. The molecule has 0 bridgehead atoms. The lowest BCUT2D eigenvalue weighted by Gasteiger charge is -2.49. The number of benzene rings is 2. The fraction of sp³-hybridized carbons (Fsp3) is 0.409. The molecule has 5 heteroatoms. The van der Waals surface area contributed by atoms with Gasteiger partial charge in [-0.1, -0.05) is 36.4 Å². The van der Waals surface area contributed by atoms with Gasteiger partial charge in [-0.15, -0.1) is 0 Å². The second kappa shape index (κ2) is 8.01. The van der Waals surface area contributed by atoms with Gasteiger partial charge in [-0.2, -0.15) is 0 Å². The van der Waals surface area contributed by atoms with E-state index < -0.39 is 0 Å². The number of para-hydroxylation sites is 2. The molecule has 2 atom stereocenters. The van der Waals surface area contributed by atoms with E-state index in [-0.39, 0.29) is 17.9 Å². The summed E-state index contributed by atoms with van der Waals surface area (Å²) in [7, 11) is 1.66. The number of hydrogen-bond acceptors (Lipinski definition) is 4. The Morgan fingerprint density at radius 2 is 1.89 bits per heavy atom. The molecule has 1 amide bonds. The number of carbonyl (C=O) groups is 1. The number of piperazine rings is 1. The van der Waals surface area contributed by atoms with Crippen molar-refractivity contribution in [3.63, 3.8) is 0 Å². The number of carbonyl (C=O) groups excluding carboxylic acids is 1. The molecule has 2 aliphatic rings. The Balaban J connectivity index is 1.59. The molecule has 2 aromatic rings. The third kappa shape index (κ3) is 3.65. The zero-order valence-electron chi connectivity index (χ0n) is 15.8. The van der Waals surface area contributed by atoms with E-state index in [2.05, 4.69) is 63.6 Å². The van der Waals surface area contributed by atoms with E-state index in [9.17, 15) is 4.79 Å². The highest BCUT2D eigenvalue weighted by Gasteiger charge is 2.41. The number of ether oxygens (including phenoxy) is 1. The van der Waals surface area contributed by atoms with Crippen LogP contribution in [0.15, 0.2) is 54.6 Å². The smallest absolute Gasteiger partial charge is 0.225 e. The Labute approximate surface area is 160 Å². The van der Waals surface area contributed by atoms with Crippen LogP contribution in [0.1, 0.15) is 5.56 Å². The summed E-state index contributed by atoms with van der Waals surface area (Å²) in [6.07, 6.45) is 0.790. The number of rotatable bonds is 5. The van der Waals surface area contributed by atoms with Gasteiger partial charge in [0.2, 0.25) is 5.91 Å². The van der Waals surface area contributed by atoms with Crippen LogP contribution in [0.2, 0.25) is 0 Å². The third-order valence-corrected chi connectivity index (χ3v) is 5.69. The van der Waals surface area contributed by atoms with E-state index in [0.717, 1.165) is 26.1 Å². The quantitative estimate of drug-likeness (QED) is 0.826. The summed E-state index contributed by atoms with van der Waals surface area (Å²) < 4.78 is 5.08. The van der Waals surface area contributed by atoms with Crippen LogP contribution in [0.3, 0.4) is 0 Å². The molecule has 2 heterocycles. The molecule has 4 rings (SSSR count). The van der Waals surface area contributed by atoms with Gasteiger partial charge in [-0.25, -0.2) is 0 Å². The first-order chi connectivity index (χ1) is 13.3. The van der Waals surface area contributed by atoms with Crippen LogP contribution in [0, 0.1) is 5.92 Å². The second-order valence-electron chi connectivity index (χ2n) is 7.27. The van der Waals surface area contributed by atoms with Gasteiger partial charge in [0.1, 0.15) is 0 Å². The van der Waals surface area contributed by atoms with E-state index >= 15 is 0 Å². The van der Waals surface area contributed by atoms with Crippen LogP contribution in [0.5, 0.6) is 0 Å². The molecule has 0 aromatic heterocycles. The van der Waals surface area contributed by atoms with Crippen molar-refractivity contribution in [3.05, 3.63) is 60.2 Å². The topological polar surface area (TPSA) is 44.8 Å². The Hall–Kier alpha value is -2.53. The fourth-order valence-corrected chi connectivity index (χ4v) is 4.34. The van der Waals surface area contributed by atoms with Gasteiger partial charge in [0.25, 0.3) is 0 Å². The molecule has 2 aromatic carbocycles. The number of amides is 1. The van der Waals surface area contributed by atoms with Gasteiger partial charge >= 0.3 is 0 Å². The number of nitrogens with zero attached hydrogens (tertiary/aromatic N) is 2. The lowest BCUT2D eigenvalue weighted by molar-refractivity contribution is -0.126. The Kier molecular flexibility index (Phi) is 5.30. The summed E-state index contributed by atoms with van der Waals surface area (Å²) in [5, 5.41) is 3.06. The first-order valence-corrected chi connectivity index (χ1v) is 9.69. The molecule has 0 saturated carbocycles. The van der Waals surface area contributed by atoms with Crippen molar-refractivity contribution in [3.8, 4) is 0 Å². The Bertz CT molecular complexity index is 780. The molecule has 2 aliphatic heterocycles. The molecule has 0 unspecified atom stereocenters. The molecule has 1 saturated heterocycles. The van der Waals surface area contributed by atoms with Gasteiger partial charge in [-0.05, 0) is 30.2 Å². The molecular weight excluding hydrogens is 338 g/mol. The van der Waals surface area contributed by atoms with Gasteiger partial charge in [0, 0.05) is 44.7 Å². The normalized spacial score (nSPS) is 21.4. The summed E-state index contributed by atoms with van der Waals surface area (Å²) in [5.74, 6) is 0.0785. The number of anilines is 2. The molecule has 5 nitrogen and oxygen atoms in total. The average molecular weight is 365 g/mol. The first-order valence-electron chi connectivity index (χ1n) is 9.69. The van der Waals surface area contributed by atoms with Crippen LogP contribution in [-0.4, -0.2) is 51.8 Å². The minimum absolute atomic E-state index is 0.0525. The van der Waals surface area contributed by atoms with Gasteiger partial charge in [0.05, 0.1) is 18.6 Å². The zero-order valence-corrected chi connectivity index (χ0v) is 15.8. The van der Waals surface area contributed by atoms with E-state index in [1.165, 1.54) is 16.9 Å². The second-order valence-corrected chi connectivity index (χ2v) is 7.27. The molecule has 27 heavy (non-hydrogen) atoms. The number of methoxy groups -OCH3 is 1. The van der Waals surface area contributed by atoms with E-state index in [1.54, 1.807) is 7.11 Å². The summed E-state index contributed by atoms with van der Waals surface area (Å²) in [4.78, 5) is 17.8. The van der Waals surface area contributed by atoms with Crippen molar-refractivity contribution in [2.45, 2.75) is 12.5 Å². The minimum Gasteiger partial charge on any atom is -0.383 e. The minimum atomic E-state index is -0.0525. The fourth-order valence-electron chi connectivity index (χ4n) is 4.34. The highest BCUT2D eigenvalue weighted by Crippen LogP contribution is 2.36. The maximum atomic E-state index is 13.0. The lowest BCUT2D eigenvalue weighted by Crippen LogP contribution is -2.61. The van der Waals surface area contributed by atoms with Crippen molar-refractivity contribution in [2.24, 2.45) is 5.92 Å². The predicted molar refractivity (Wildman–Crippen MR) is 108 cm³/mol. The van der Waals surface area contributed by atoms with E-state index in [0.29, 0.717) is 13.2 Å². The van der Waals surface area contributed by atoms with Crippen LogP contribution >= 0.6 is 0 Å². The molecule has 142 valence electrons.